The number of rotatable bonds is 7. The molecule has 0 saturated heterocycles. The lowest BCUT2D eigenvalue weighted by Crippen LogP contribution is -2.24. The third kappa shape index (κ3) is 3.57. The topological polar surface area (TPSA) is 61.3 Å². The summed E-state index contributed by atoms with van der Waals surface area (Å²) >= 11 is 0. The first-order chi connectivity index (χ1) is 8.63. The second-order valence-electron chi connectivity index (χ2n) is 4.36. The Labute approximate surface area is 109 Å². The summed E-state index contributed by atoms with van der Waals surface area (Å²) in [4.78, 5) is 11.0. The van der Waals surface area contributed by atoms with Crippen LogP contribution in [0.1, 0.15) is 31.7 Å². The Morgan fingerprint density at radius 3 is 2.56 bits per heavy atom. The molecule has 0 atom stereocenters. The van der Waals surface area contributed by atoms with Crippen LogP contribution in [0.2, 0.25) is 0 Å². The molecule has 0 bridgehead atoms. The Morgan fingerprint density at radius 1 is 1.28 bits per heavy atom. The summed E-state index contributed by atoms with van der Waals surface area (Å²) in [5.41, 5.74) is 1.04. The van der Waals surface area contributed by atoms with Gasteiger partial charge in [-0.25, -0.2) is 9.97 Å². The Kier molecular flexibility index (Phi) is 5.85. The maximum absolute atomic E-state index is 9.03. The number of aliphatic hydroxyl groups excluding tert-OH is 1. The molecular weight excluding hydrogens is 228 g/mol. The van der Waals surface area contributed by atoms with Crippen molar-refractivity contribution < 1.29 is 5.11 Å². The zero-order valence-corrected chi connectivity index (χ0v) is 11.8. The molecule has 0 fully saturated rings. The fraction of sp³-hybridized carbons (Fsp3) is 0.692. The van der Waals surface area contributed by atoms with Gasteiger partial charge in [0, 0.05) is 32.1 Å². The molecule has 0 aliphatic heterocycles. The molecule has 5 nitrogen and oxygen atoms in total. The zero-order chi connectivity index (χ0) is 13.5. The molecular formula is C13H24N4O. The molecule has 0 aromatic carbocycles. The van der Waals surface area contributed by atoms with Gasteiger partial charge in [-0.05, 0) is 13.3 Å². The molecule has 18 heavy (non-hydrogen) atoms. The molecule has 0 spiro atoms. The van der Waals surface area contributed by atoms with Gasteiger partial charge in [-0.2, -0.15) is 0 Å². The molecule has 1 rings (SSSR count). The zero-order valence-electron chi connectivity index (χ0n) is 11.8. The van der Waals surface area contributed by atoms with Crippen LogP contribution in [0.25, 0.3) is 0 Å². The SMILES string of the molecule is CCCNc1nc(CC)nc(N(C)CCO)c1C. The van der Waals surface area contributed by atoms with Gasteiger partial charge in [0.1, 0.15) is 17.5 Å². The largest absolute Gasteiger partial charge is 0.395 e. The first kappa shape index (κ1) is 14.7. The predicted octanol–water partition coefficient (Wildman–Crippen LogP) is 1.60. The molecule has 102 valence electrons. The van der Waals surface area contributed by atoms with Crippen LogP contribution in [0.15, 0.2) is 0 Å². The molecule has 1 aromatic rings. The third-order valence-electron chi connectivity index (χ3n) is 2.82. The molecule has 1 aromatic heterocycles. The van der Waals surface area contributed by atoms with Crippen LogP contribution in [0, 0.1) is 6.92 Å². The smallest absolute Gasteiger partial charge is 0.137 e. The number of hydrogen-bond acceptors (Lipinski definition) is 5. The molecule has 0 amide bonds. The summed E-state index contributed by atoms with van der Waals surface area (Å²) in [6.45, 7) is 7.80. The first-order valence-electron chi connectivity index (χ1n) is 6.57. The minimum Gasteiger partial charge on any atom is -0.395 e. The molecule has 0 radical (unpaired) electrons. The molecule has 2 N–H and O–H groups in total. The minimum atomic E-state index is 0.124. The van der Waals surface area contributed by atoms with Gasteiger partial charge in [0.25, 0.3) is 0 Å². The van der Waals surface area contributed by atoms with Crippen LogP contribution < -0.4 is 10.2 Å². The summed E-state index contributed by atoms with van der Waals surface area (Å²) in [5.74, 6) is 2.64. The summed E-state index contributed by atoms with van der Waals surface area (Å²) in [6, 6.07) is 0. The average Bonchev–Trinajstić information content (AvgIpc) is 2.37. The predicted molar refractivity (Wildman–Crippen MR) is 75.3 cm³/mol. The summed E-state index contributed by atoms with van der Waals surface area (Å²) in [5, 5.41) is 12.4. The molecule has 1 heterocycles. The molecule has 0 aliphatic carbocycles. The fourth-order valence-corrected chi connectivity index (χ4v) is 1.75. The number of aromatic nitrogens is 2. The summed E-state index contributed by atoms with van der Waals surface area (Å²) in [7, 11) is 1.94. The van der Waals surface area contributed by atoms with Gasteiger partial charge >= 0.3 is 0 Å². The monoisotopic (exact) mass is 252 g/mol. The van der Waals surface area contributed by atoms with Crippen molar-refractivity contribution >= 4 is 11.6 Å². The normalized spacial score (nSPS) is 10.5. The summed E-state index contributed by atoms with van der Waals surface area (Å²) < 4.78 is 0. The van der Waals surface area contributed by atoms with Crippen LogP contribution in [-0.4, -0.2) is 41.8 Å². The van der Waals surface area contributed by atoms with E-state index in [1.54, 1.807) is 0 Å². The molecule has 0 saturated carbocycles. The highest BCUT2D eigenvalue weighted by atomic mass is 16.3. The van der Waals surface area contributed by atoms with Gasteiger partial charge in [0.2, 0.25) is 0 Å². The van der Waals surface area contributed by atoms with Crippen molar-refractivity contribution in [3.8, 4) is 0 Å². The van der Waals surface area contributed by atoms with E-state index < -0.39 is 0 Å². The number of aliphatic hydroxyl groups is 1. The van der Waals surface area contributed by atoms with Crippen molar-refractivity contribution in [3.05, 3.63) is 11.4 Å². The van der Waals surface area contributed by atoms with Crippen LogP contribution in [0.3, 0.4) is 0 Å². The molecule has 5 heteroatoms. The standard InChI is InChI=1S/C13H24N4O/c1-5-7-14-12-10(3)13(17(4)8-9-18)16-11(6-2)15-12/h18H,5-9H2,1-4H3,(H,14,15,16). The fourth-order valence-electron chi connectivity index (χ4n) is 1.75. The maximum atomic E-state index is 9.03. The highest BCUT2D eigenvalue weighted by Crippen LogP contribution is 2.22. The lowest BCUT2D eigenvalue weighted by Gasteiger charge is -2.21. The van der Waals surface area contributed by atoms with E-state index in [4.69, 9.17) is 5.11 Å². The third-order valence-corrected chi connectivity index (χ3v) is 2.82. The van der Waals surface area contributed by atoms with Gasteiger partial charge in [-0.15, -0.1) is 0 Å². The molecule has 0 unspecified atom stereocenters. The van der Waals surface area contributed by atoms with Gasteiger partial charge in [-0.1, -0.05) is 13.8 Å². The highest BCUT2D eigenvalue weighted by molar-refractivity contribution is 5.58. The van der Waals surface area contributed by atoms with Crippen LogP contribution >= 0.6 is 0 Å². The quantitative estimate of drug-likeness (QED) is 0.772. The van der Waals surface area contributed by atoms with Gasteiger partial charge in [0.15, 0.2) is 0 Å². The Bertz CT molecular complexity index is 381. The van der Waals surface area contributed by atoms with Crippen molar-refractivity contribution in [1.82, 2.24) is 9.97 Å². The van der Waals surface area contributed by atoms with Gasteiger partial charge < -0.3 is 15.3 Å². The van der Waals surface area contributed by atoms with E-state index in [0.717, 1.165) is 42.4 Å². The second-order valence-corrected chi connectivity index (χ2v) is 4.36. The number of aryl methyl sites for hydroxylation is 1. The second kappa shape index (κ2) is 7.16. The van der Waals surface area contributed by atoms with Gasteiger partial charge in [-0.3, -0.25) is 0 Å². The van der Waals surface area contributed by atoms with E-state index in [1.807, 2.05) is 25.8 Å². The number of likely N-dealkylation sites (N-methyl/N-ethyl adjacent to an activating group) is 1. The van der Waals surface area contributed by atoms with E-state index in [9.17, 15) is 0 Å². The van der Waals surface area contributed by atoms with E-state index in [2.05, 4.69) is 22.2 Å². The Balaban J connectivity index is 3.07. The van der Waals surface area contributed by atoms with E-state index in [-0.39, 0.29) is 6.61 Å². The highest BCUT2D eigenvalue weighted by Gasteiger charge is 2.13. The Morgan fingerprint density at radius 2 is 2.00 bits per heavy atom. The van der Waals surface area contributed by atoms with Gasteiger partial charge in [0.05, 0.1) is 6.61 Å². The molecule has 0 aliphatic rings. The lowest BCUT2D eigenvalue weighted by molar-refractivity contribution is 0.303. The number of hydrogen-bond donors (Lipinski definition) is 2. The summed E-state index contributed by atoms with van der Waals surface area (Å²) in [6.07, 6.45) is 1.87. The van der Waals surface area contributed by atoms with Crippen molar-refractivity contribution in [1.29, 1.82) is 0 Å². The van der Waals surface area contributed by atoms with Crippen molar-refractivity contribution in [3.63, 3.8) is 0 Å². The maximum Gasteiger partial charge on any atom is 0.137 e. The van der Waals surface area contributed by atoms with Crippen molar-refractivity contribution in [2.75, 3.05) is 37.0 Å². The van der Waals surface area contributed by atoms with Crippen LogP contribution in [0.4, 0.5) is 11.6 Å². The van der Waals surface area contributed by atoms with Crippen molar-refractivity contribution in [2.24, 2.45) is 0 Å². The van der Waals surface area contributed by atoms with E-state index in [1.165, 1.54) is 0 Å². The number of nitrogens with zero attached hydrogens (tertiary/aromatic N) is 3. The Hall–Kier alpha value is -1.36. The minimum absolute atomic E-state index is 0.124. The average molecular weight is 252 g/mol. The van der Waals surface area contributed by atoms with Crippen LogP contribution in [0.5, 0.6) is 0 Å². The number of nitrogens with one attached hydrogen (secondary N) is 1. The van der Waals surface area contributed by atoms with E-state index in [0.29, 0.717) is 6.54 Å². The van der Waals surface area contributed by atoms with Crippen molar-refractivity contribution in [2.45, 2.75) is 33.6 Å². The lowest BCUT2D eigenvalue weighted by atomic mass is 10.2. The first-order valence-corrected chi connectivity index (χ1v) is 6.57. The number of anilines is 2. The van der Waals surface area contributed by atoms with E-state index >= 15 is 0 Å². The van der Waals surface area contributed by atoms with Crippen LogP contribution in [-0.2, 0) is 6.42 Å².